The Balaban J connectivity index is 1.28. The van der Waals surface area contributed by atoms with Gasteiger partial charge in [0, 0.05) is 24.4 Å². The first-order valence-corrected chi connectivity index (χ1v) is 11.9. The molecule has 1 N–H and O–H groups in total. The summed E-state index contributed by atoms with van der Waals surface area (Å²) >= 11 is 0. The van der Waals surface area contributed by atoms with E-state index < -0.39 is 0 Å². The number of nitriles is 1. The summed E-state index contributed by atoms with van der Waals surface area (Å²) in [7, 11) is 0. The third-order valence-electron chi connectivity index (χ3n) is 6.86. The summed E-state index contributed by atoms with van der Waals surface area (Å²) < 4.78 is 7.93. The van der Waals surface area contributed by atoms with E-state index in [0.29, 0.717) is 36.3 Å². The molecule has 0 unspecified atom stereocenters. The van der Waals surface area contributed by atoms with E-state index in [-0.39, 0.29) is 6.10 Å². The van der Waals surface area contributed by atoms with Gasteiger partial charge in [0.15, 0.2) is 0 Å². The maximum Gasteiger partial charge on any atom is 0.137 e. The topological polar surface area (TPSA) is 96.9 Å². The first-order chi connectivity index (χ1) is 16.2. The van der Waals surface area contributed by atoms with Crippen LogP contribution < -0.4 is 4.74 Å². The van der Waals surface area contributed by atoms with Gasteiger partial charge in [-0.1, -0.05) is 6.42 Å². The molecule has 2 fully saturated rings. The van der Waals surface area contributed by atoms with E-state index in [1.54, 1.807) is 6.20 Å². The number of rotatable bonds is 7. The van der Waals surface area contributed by atoms with Crippen LogP contribution in [0.15, 0.2) is 42.9 Å². The first-order valence-electron chi connectivity index (χ1n) is 11.9. The Morgan fingerprint density at radius 3 is 2.73 bits per heavy atom. The molecule has 0 radical (unpaired) electrons. The fourth-order valence-corrected chi connectivity index (χ4v) is 4.59. The highest BCUT2D eigenvalue weighted by atomic mass is 16.5. The van der Waals surface area contributed by atoms with Crippen molar-refractivity contribution >= 4 is 0 Å². The molecule has 5 rings (SSSR count). The summed E-state index contributed by atoms with van der Waals surface area (Å²) in [5.41, 5.74) is 3.26. The van der Waals surface area contributed by atoms with Gasteiger partial charge in [0.05, 0.1) is 36.2 Å². The van der Waals surface area contributed by atoms with Gasteiger partial charge in [-0.15, -0.1) is 0 Å². The lowest BCUT2D eigenvalue weighted by molar-refractivity contribution is 0.108. The van der Waals surface area contributed by atoms with Crippen LogP contribution in [0.5, 0.6) is 5.75 Å². The van der Waals surface area contributed by atoms with E-state index in [0.717, 1.165) is 48.3 Å². The summed E-state index contributed by atoms with van der Waals surface area (Å²) in [6.45, 7) is 0.681. The van der Waals surface area contributed by atoms with Gasteiger partial charge in [0.1, 0.15) is 17.6 Å². The van der Waals surface area contributed by atoms with Crippen LogP contribution in [0.3, 0.4) is 0 Å². The van der Waals surface area contributed by atoms with E-state index in [9.17, 15) is 10.4 Å². The lowest BCUT2D eigenvalue weighted by Crippen LogP contribution is -2.21. The molecule has 0 aliphatic heterocycles. The normalized spacial score (nSPS) is 20.7. The molecule has 0 amide bonds. The minimum Gasteiger partial charge on any atom is -0.492 e. The number of hydrogen-bond acceptors (Lipinski definition) is 6. The standard InChI is InChI=1S/C26H29N5O2/c27-14-21-13-20(4-9-25(21)33-17-18-2-1-3-18)24-10-11-28-26(30-24)12-19-15-29-31(16-19)22-5-7-23(32)8-6-22/h4,9-11,13,15-16,18,22-23,32H,1-3,5-8,12,17H2. The largest absolute Gasteiger partial charge is 0.492 e. The Hall–Kier alpha value is -3.24. The molecule has 2 heterocycles. The minimum absolute atomic E-state index is 0.169. The third kappa shape index (κ3) is 5.07. The number of aliphatic hydroxyl groups excluding tert-OH is 1. The highest BCUT2D eigenvalue weighted by molar-refractivity contribution is 5.64. The molecular formula is C26H29N5O2. The maximum atomic E-state index is 9.73. The zero-order valence-electron chi connectivity index (χ0n) is 18.7. The summed E-state index contributed by atoms with van der Waals surface area (Å²) in [5.74, 6) is 1.98. The molecule has 2 aliphatic rings. The molecule has 0 spiro atoms. The molecule has 0 bridgehead atoms. The van der Waals surface area contributed by atoms with E-state index >= 15 is 0 Å². The number of aliphatic hydroxyl groups is 1. The fourth-order valence-electron chi connectivity index (χ4n) is 4.59. The maximum absolute atomic E-state index is 9.73. The lowest BCUT2D eigenvalue weighted by Gasteiger charge is -2.25. The van der Waals surface area contributed by atoms with E-state index in [1.165, 1.54) is 19.3 Å². The number of benzene rings is 1. The molecule has 7 nitrogen and oxygen atoms in total. The van der Waals surface area contributed by atoms with Crippen molar-refractivity contribution in [1.29, 1.82) is 5.26 Å². The van der Waals surface area contributed by atoms with Gasteiger partial charge in [-0.3, -0.25) is 4.68 Å². The molecule has 33 heavy (non-hydrogen) atoms. The highest BCUT2D eigenvalue weighted by Gasteiger charge is 2.21. The molecule has 2 aliphatic carbocycles. The zero-order chi connectivity index (χ0) is 22.6. The van der Waals surface area contributed by atoms with Crippen molar-refractivity contribution in [3.05, 3.63) is 59.8 Å². The molecule has 0 atom stereocenters. The van der Waals surface area contributed by atoms with Crippen molar-refractivity contribution in [2.24, 2.45) is 5.92 Å². The van der Waals surface area contributed by atoms with Crippen molar-refractivity contribution in [2.75, 3.05) is 6.61 Å². The van der Waals surface area contributed by atoms with Crippen LogP contribution >= 0.6 is 0 Å². The number of aromatic nitrogens is 4. The average molecular weight is 444 g/mol. The van der Waals surface area contributed by atoms with Gasteiger partial charge < -0.3 is 9.84 Å². The Bertz CT molecular complexity index is 1140. The van der Waals surface area contributed by atoms with Gasteiger partial charge in [0.25, 0.3) is 0 Å². The smallest absolute Gasteiger partial charge is 0.137 e. The molecular weight excluding hydrogens is 414 g/mol. The molecule has 7 heteroatoms. The molecule has 170 valence electrons. The molecule has 0 saturated heterocycles. The van der Waals surface area contributed by atoms with Crippen LogP contribution in [0.2, 0.25) is 0 Å². The molecule has 2 saturated carbocycles. The Morgan fingerprint density at radius 2 is 1.97 bits per heavy atom. The summed E-state index contributed by atoms with van der Waals surface area (Å²) in [5, 5.41) is 23.9. The van der Waals surface area contributed by atoms with Crippen molar-refractivity contribution in [1.82, 2.24) is 19.7 Å². The average Bonchev–Trinajstić information content (AvgIpc) is 3.27. The second-order valence-corrected chi connectivity index (χ2v) is 9.26. The molecule has 3 aromatic rings. The predicted molar refractivity (Wildman–Crippen MR) is 124 cm³/mol. The number of hydrogen-bond donors (Lipinski definition) is 1. The van der Waals surface area contributed by atoms with Crippen molar-refractivity contribution in [3.63, 3.8) is 0 Å². The molecule has 2 aromatic heterocycles. The second-order valence-electron chi connectivity index (χ2n) is 9.26. The lowest BCUT2D eigenvalue weighted by atomic mass is 9.86. The minimum atomic E-state index is -0.169. The Labute approximate surface area is 194 Å². The Kier molecular flexibility index (Phi) is 6.36. The SMILES string of the molecule is N#Cc1cc(-c2ccnc(Cc3cnn(C4CCC(O)CC4)c3)n2)ccc1OCC1CCC1. The fraction of sp³-hybridized carbons (Fsp3) is 0.462. The van der Waals surface area contributed by atoms with E-state index in [4.69, 9.17) is 9.72 Å². The summed E-state index contributed by atoms with van der Waals surface area (Å²) in [6.07, 6.45) is 13.4. The quantitative estimate of drug-likeness (QED) is 0.579. The number of ether oxygens (including phenoxy) is 1. The van der Waals surface area contributed by atoms with E-state index in [1.807, 2.05) is 35.1 Å². The Morgan fingerprint density at radius 1 is 1.12 bits per heavy atom. The van der Waals surface area contributed by atoms with Crippen molar-refractivity contribution in [3.8, 4) is 23.1 Å². The van der Waals surface area contributed by atoms with Crippen LogP contribution in [0.1, 0.15) is 67.9 Å². The van der Waals surface area contributed by atoms with Gasteiger partial charge in [-0.2, -0.15) is 10.4 Å². The number of nitrogens with zero attached hydrogens (tertiary/aromatic N) is 5. The van der Waals surface area contributed by atoms with Gasteiger partial charge in [-0.25, -0.2) is 9.97 Å². The highest BCUT2D eigenvalue weighted by Crippen LogP contribution is 2.30. The van der Waals surface area contributed by atoms with Crippen LogP contribution in [0.25, 0.3) is 11.3 Å². The van der Waals surface area contributed by atoms with Gasteiger partial charge in [0.2, 0.25) is 0 Å². The third-order valence-corrected chi connectivity index (χ3v) is 6.86. The van der Waals surface area contributed by atoms with Gasteiger partial charge in [-0.05, 0) is 74.3 Å². The summed E-state index contributed by atoms with van der Waals surface area (Å²) in [4.78, 5) is 9.19. The monoisotopic (exact) mass is 443 g/mol. The molecule has 1 aromatic carbocycles. The predicted octanol–water partition coefficient (Wildman–Crippen LogP) is 4.46. The van der Waals surface area contributed by atoms with Crippen molar-refractivity contribution < 1.29 is 9.84 Å². The van der Waals surface area contributed by atoms with Gasteiger partial charge >= 0.3 is 0 Å². The summed E-state index contributed by atoms with van der Waals surface area (Å²) in [6, 6.07) is 10.2. The zero-order valence-corrected chi connectivity index (χ0v) is 18.7. The van der Waals surface area contributed by atoms with Crippen LogP contribution in [-0.2, 0) is 6.42 Å². The van der Waals surface area contributed by atoms with Crippen LogP contribution in [-0.4, -0.2) is 37.6 Å². The van der Waals surface area contributed by atoms with Crippen molar-refractivity contribution in [2.45, 2.75) is 63.5 Å². The van der Waals surface area contributed by atoms with E-state index in [2.05, 4.69) is 22.3 Å². The second kappa shape index (κ2) is 9.72. The van der Waals surface area contributed by atoms with Crippen LogP contribution in [0.4, 0.5) is 0 Å². The first kappa shape index (κ1) is 21.6. The van der Waals surface area contributed by atoms with Crippen LogP contribution in [0, 0.1) is 17.2 Å².